The number of rotatable bonds is 8. The minimum atomic E-state index is -2.10. The summed E-state index contributed by atoms with van der Waals surface area (Å²) >= 11 is 0. The van der Waals surface area contributed by atoms with Gasteiger partial charge in [-0.05, 0) is 84.2 Å². The molecule has 2 rings (SSSR count). The van der Waals surface area contributed by atoms with Crippen LogP contribution < -0.4 is 15.5 Å². The lowest BCUT2D eigenvalue weighted by Crippen LogP contribution is -2.49. The SMILES string of the molecule is CC(C)(C)OC(=O)NCC(COc1cccc(B2OC(C)(C)C(C)(C)O2)c1)O[Si](C)(C)C(C)(C)C. The van der Waals surface area contributed by atoms with Crippen LogP contribution in [0.5, 0.6) is 5.75 Å². The van der Waals surface area contributed by atoms with Crippen molar-refractivity contribution in [3.8, 4) is 5.75 Å². The van der Waals surface area contributed by atoms with Gasteiger partial charge in [-0.3, -0.25) is 0 Å². The van der Waals surface area contributed by atoms with Gasteiger partial charge in [0.05, 0.1) is 17.3 Å². The molecule has 1 aromatic carbocycles. The highest BCUT2D eigenvalue weighted by Crippen LogP contribution is 2.38. The van der Waals surface area contributed by atoms with Crippen molar-refractivity contribution < 1.29 is 28.0 Å². The second-order valence-electron chi connectivity index (χ2n) is 12.9. The predicted octanol–water partition coefficient (Wildman–Crippen LogP) is 5.28. The molecule has 1 aliphatic heterocycles. The van der Waals surface area contributed by atoms with Gasteiger partial charge in [-0.25, -0.2) is 4.79 Å². The molecule has 1 aromatic rings. The highest BCUT2D eigenvalue weighted by atomic mass is 28.4. The number of hydrogen-bond acceptors (Lipinski definition) is 6. The van der Waals surface area contributed by atoms with Crippen LogP contribution in [-0.4, -0.2) is 57.6 Å². The summed E-state index contributed by atoms with van der Waals surface area (Å²) in [7, 11) is -2.56. The van der Waals surface area contributed by atoms with Crippen molar-refractivity contribution in [2.75, 3.05) is 13.2 Å². The summed E-state index contributed by atoms with van der Waals surface area (Å²) in [5, 5.41) is 2.86. The van der Waals surface area contributed by atoms with Crippen LogP contribution in [0, 0.1) is 0 Å². The van der Waals surface area contributed by atoms with Crippen molar-refractivity contribution in [3.63, 3.8) is 0 Å². The second-order valence-corrected chi connectivity index (χ2v) is 17.6. The fraction of sp³-hybridized carbons (Fsp3) is 0.731. The predicted molar refractivity (Wildman–Crippen MR) is 144 cm³/mol. The zero-order chi connectivity index (χ0) is 26.9. The summed E-state index contributed by atoms with van der Waals surface area (Å²) in [6.07, 6.45) is -0.798. The minimum absolute atomic E-state index is 0.0217. The number of ether oxygens (including phenoxy) is 2. The molecule has 1 unspecified atom stereocenters. The number of carbonyl (C=O) groups is 1. The third-order valence-corrected chi connectivity index (χ3v) is 11.5. The van der Waals surface area contributed by atoms with Gasteiger partial charge >= 0.3 is 13.2 Å². The minimum Gasteiger partial charge on any atom is -0.491 e. The molecule has 0 spiro atoms. The highest BCUT2D eigenvalue weighted by Gasteiger charge is 2.51. The van der Waals surface area contributed by atoms with Crippen molar-refractivity contribution in [2.24, 2.45) is 0 Å². The standard InChI is InChI=1S/C26H46BNO6Si/c1-23(2,3)31-22(29)28-17-21(32-35(11,12)24(4,5)6)18-30-20-15-13-14-19(16-20)27-33-25(7,8)26(9,10)34-27/h13-16,21H,17-18H2,1-12H3,(H,28,29). The number of hydrogen-bond donors (Lipinski definition) is 1. The van der Waals surface area contributed by atoms with Crippen molar-refractivity contribution >= 4 is 27.0 Å². The normalized spacial score (nSPS) is 18.8. The monoisotopic (exact) mass is 507 g/mol. The number of benzene rings is 1. The Morgan fingerprint density at radius 1 is 1.06 bits per heavy atom. The molecular weight excluding hydrogens is 461 g/mol. The Bertz CT molecular complexity index is 859. The molecule has 0 aliphatic carbocycles. The molecular formula is C26H46BNO6Si. The first-order valence-corrected chi connectivity index (χ1v) is 15.4. The number of amides is 1. The summed E-state index contributed by atoms with van der Waals surface area (Å²) in [6, 6.07) is 7.74. The van der Waals surface area contributed by atoms with Gasteiger partial charge in [-0.2, -0.15) is 0 Å². The van der Waals surface area contributed by atoms with E-state index < -0.39 is 38.3 Å². The lowest BCUT2D eigenvalue weighted by atomic mass is 9.79. The zero-order valence-corrected chi connectivity index (χ0v) is 24.8. The van der Waals surface area contributed by atoms with Crippen LogP contribution in [0.4, 0.5) is 4.79 Å². The van der Waals surface area contributed by atoms with Gasteiger partial charge < -0.3 is 28.5 Å². The van der Waals surface area contributed by atoms with Crippen LogP contribution in [0.15, 0.2) is 24.3 Å². The first-order valence-electron chi connectivity index (χ1n) is 12.5. The zero-order valence-electron chi connectivity index (χ0n) is 23.8. The number of alkyl carbamates (subject to hydrolysis) is 1. The number of nitrogens with one attached hydrogen (secondary N) is 1. The molecule has 9 heteroatoms. The Kier molecular flexibility index (Phi) is 8.85. The Balaban J connectivity index is 2.11. The molecule has 1 atom stereocenters. The molecule has 35 heavy (non-hydrogen) atoms. The first kappa shape index (κ1) is 29.7. The molecule has 1 amide bonds. The fourth-order valence-electron chi connectivity index (χ4n) is 3.16. The highest BCUT2D eigenvalue weighted by molar-refractivity contribution is 6.74. The van der Waals surface area contributed by atoms with E-state index in [1.54, 1.807) is 0 Å². The fourth-order valence-corrected chi connectivity index (χ4v) is 4.50. The molecule has 7 nitrogen and oxygen atoms in total. The Labute approximate surface area is 213 Å². The van der Waals surface area contributed by atoms with Crippen LogP contribution in [0.2, 0.25) is 18.1 Å². The molecule has 198 valence electrons. The van der Waals surface area contributed by atoms with Gasteiger partial charge in [0.15, 0.2) is 8.32 Å². The van der Waals surface area contributed by atoms with Crippen molar-refractivity contribution in [1.29, 1.82) is 0 Å². The third kappa shape index (κ3) is 8.23. The van der Waals surface area contributed by atoms with E-state index in [0.29, 0.717) is 12.3 Å². The summed E-state index contributed by atoms with van der Waals surface area (Å²) in [6.45, 7) is 25.2. The molecule has 1 aliphatic rings. The van der Waals surface area contributed by atoms with Gasteiger partial charge in [-0.1, -0.05) is 32.9 Å². The van der Waals surface area contributed by atoms with Gasteiger partial charge in [0, 0.05) is 6.54 Å². The van der Waals surface area contributed by atoms with Crippen molar-refractivity contribution in [1.82, 2.24) is 5.32 Å². The topological polar surface area (TPSA) is 75.3 Å². The molecule has 0 bridgehead atoms. The van der Waals surface area contributed by atoms with E-state index in [4.69, 9.17) is 23.2 Å². The van der Waals surface area contributed by atoms with Crippen LogP contribution >= 0.6 is 0 Å². The lowest BCUT2D eigenvalue weighted by Gasteiger charge is -2.39. The Morgan fingerprint density at radius 2 is 1.63 bits per heavy atom. The first-order chi connectivity index (χ1) is 15.7. The largest absolute Gasteiger partial charge is 0.494 e. The van der Waals surface area contributed by atoms with E-state index >= 15 is 0 Å². The van der Waals surface area contributed by atoms with Gasteiger partial charge in [0.1, 0.15) is 18.0 Å². The van der Waals surface area contributed by atoms with E-state index in [1.807, 2.05) is 72.7 Å². The van der Waals surface area contributed by atoms with Crippen molar-refractivity contribution in [3.05, 3.63) is 24.3 Å². The van der Waals surface area contributed by atoms with E-state index in [1.165, 1.54) is 0 Å². The van der Waals surface area contributed by atoms with Crippen molar-refractivity contribution in [2.45, 2.75) is 110 Å². The Morgan fingerprint density at radius 3 is 2.14 bits per heavy atom. The van der Waals surface area contributed by atoms with Crippen LogP contribution in [0.25, 0.3) is 0 Å². The molecule has 0 aromatic heterocycles. The molecule has 1 saturated heterocycles. The van der Waals surface area contributed by atoms with Crippen LogP contribution in [0.3, 0.4) is 0 Å². The maximum absolute atomic E-state index is 12.3. The Hall–Kier alpha value is -1.55. The molecule has 1 fully saturated rings. The second kappa shape index (κ2) is 10.4. The number of carbonyl (C=O) groups excluding carboxylic acids is 1. The van der Waals surface area contributed by atoms with E-state index in [2.05, 4.69) is 39.2 Å². The molecule has 0 radical (unpaired) electrons. The molecule has 1 N–H and O–H groups in total. The summed E-state index contributed by atoms with van der Waals surface area (Å²) in [4.78, 5) is 12.3. The van der Waals surface area contributed by atoms with E-state index in [9.17, 15) is 4.79 Å². The average Bonchev–Trinajstić information content (AvgIpc) is 2.89. The third-order valence-electron chi connectivity index (χ3n) is 6.96. The lowest BCUT2D eigenvalue weighted by molar-refractivity contribution is 0.00578. The maximum atomic E-state index is 12.3. The maximum Gasteiger partial charge on any atom is 0.494 e. The van der Waals surface area contributed by atoms with Gasteiger partial charge in [0.25, 0.3) is 0 Å². The van der Waals surface area contributed by atoms with Crippen LogP contribution in [0.1, 0.15) is 69.2 Å². The quantitative estimate of drug-likeness (QED) is 0.483. The van der Waals surface area contributed by atoms with E-state index in [-0.39, 0.29) is 17.7 Å². The summed E-state index contributed by atoms with van der Waals surface area (Å²) < 4.78 is 30.5. The van der Waals surface area contributed by atoms with Gasteiger partial charge in [0.2, 0.25) is 0 Å². The summed E-state index contributed by atoms with van der Waals surface area (Å²) in [5.41, 5.74) is -0.493. The smallest absolute Gasteiger partial charge is 0.491 e. The van der Waals surface area contributed by atoms with E-state index in [0.717, 1.165) is 5.46 Å². The molecule has 0 saturated carbocycles. The average molecular weight is 508 g/mol. The molecule has 1 heterocycles. The summed E-state index contributed by atoms with van der Waals surface area (Å²) in [5.74, 6) is 0.693. The van der Waals surface area contributed by atoms with Crippen LogP contribution in [-0.2, 0) is 18.5 Å². The van der Waals surface area contributed by atoms with Gasteiger partial charge in [-0.15, -0.1) is 0 Å².